The first-order valence-electron chi connectivity index (χ1n) is 4.97. The van der Waals surface area contributed by atoms with E-state index < -0.39 is 10.8 Å². The molecule has 0 aliphatic rings. The van der Waals surface area contributed by atoms with Crippen LogP contribution in [0.1, 0.15) is 10.4 Å². The summed E-state index contributed by atoms with van der Waals surface area (Å²) in [5, 5.41) is 13.3. The van der Waals surface area contributed by atoms with Crippen molar-refractivity contribution in [3.63, 3.8) is 0 Å². The Labute approximate surface area is 117 Å². The lowest BCUT2D eigenvalue weighted by atomic mass is 10.2. The fourth-order valence-electron chi connectivity index (χ4n) is 1.41. The zero-order valence-corrected chi connectivity index (χ0v) is 10.7. The van der Waals surface area contributed by atoms with Crippen molar-refractivity contribution in [3.05, 3.63) is 56.4 Å². The van der Waals surface area contributed by atoms with Gasteiger partial charge in [-0.05, 0) is 29.8 Å². The van der Waals surface area contributed by atoms with Gasteiger partial charge in [-0.1, -0.05) is 11.6 Å². The number of benzene rings is 1. The lowest BCUT2D eigenvalue weighted by molar-refractivity contribution is -0.383. The molecule has 98 valence electrons. The molecule has 0 saturated carbocycles. The molecule has 0 atom stereocenters. The van der Waals surface area contributed by atoms with Crippen molar-refractivity contribution in [2.24, 2.45) is 0 Å². The summed E-state index contributed by atoms with van der Waals surface area (Å²) in [6, 6.07) is 5.28. The summed E-state index contributed by atoms with van der Waals surface area (Å²) in [6.07, 6.45) is 1.24. The summed E-state index contributed by atoms with van der Waals surface area (Å²) in [4.78, 5) is 22.1. The second kappa shape index (κ2) is 5.29. The van der Waals surface area contributed by atoms with Crippen molar-refractivity contribution in [3.8, 4) is 0 Å². The van der Waals surface area contributed by atoms with E-state index in [-0.39, 0.29) is 27.2 Å². The smallest absolute Gasteiger partial charge is 0.294 e. The van der Waals surface area contributed by atoms with Gasteiger partial charge in [0.25, 0.3) is 11.6 Å². The number of nitrogens with zero attached hydrogens (tertiary/aromatic N) is 1. The summed E-state index contributed by atoms with van der Waals surface area (Å²) in [5.41, 5.74) is -0.192. The summed E-state index contributed by atoms with van der Waals surface area (Å²) in [6.45, 7) is 0. The van der Waals surface area contributed by atoms with Gasteiger partial charge >= 0.3 is 0 Å². The fourth-order valence-corrected chi connectivity index (χ4v) is 1.77. The molecule has 2 aromatic rings. The van der Waals surface area contributed by atoms with Crippen LogP contribution in [0, 0.1) is 10.1 Å². The largest absolute Gasteiger partial charge is 0.452 e. The topological polar surface area (TPSA) is 85.4 Å². The van der Waals surface area contributed by atoms with E-state index in [9.17, 15) is 14.9 Å². The quantitative estimate of drug-likeness (QED) is 0.691. The molecule has 0 aliphatic heterocycles. The second-order valence-corrected chi connectivity index (χ2v) is 4.26. The number of nitro groups is 1. The van der Waals surface area contributed by atoms with Crippen LogP contribution >= 0.6 is 23.2 Å². The number of anilines is 1. The minimum absolute atomic E-state index is 0.0247. The Hall–Kier alpha value is -2.05. The van der Waals surface area contributed by atoms with Crippen molar-refractivity contribution in [1.82, 2.24) is 0 Å². The number of carbonyl (C=O) groups excluding carboxylic acids is 1. The predicted octanol–water partition coefficient (Wildman–Crippen LogP) is 3.75. The molecule has 0 unspecified atom stereocenters. The van der Waals surface area contributed by atoms with Crippen LogP contribution in [-0.4, -0.2) is 10.8 Å². The second-order valence-electron chi connectivity index (χ2n) is 3.48. The van der Waals surface area contributed by atoms with Gasteiger partial charge in [-0.25, -0.2) is 0 Å². The van der Waals surface area contributed by atoms with Crippen LogP contribution in [0.15, 0.2) is 34.9 Å². The fraction of sp³-hybridized carbons (Fsp3) is 0. The predicted molar refractivity (Wildman–Crippen MR) is 69.8 cm³/mol. The molecule has 1 aromatic heterocycles. The van der Waals surface area contributed by atoms with E-state index in [1.165, 1.54) is 24.5 Å². The van der Waals surface area contributed by atoms with Crippen LogP contribution in [0.4, 0.5) is 11.4 Å². The Morgan fingerprint density at radius 2 is 2.05 bits per heavy atom. The highest BCUT2D eigenvalue weighted by atomic mass is 35.5. The molecule has 8 heteroatoms. The van der Waals surface area contributed by atoms with Crippen LogP contribution in [0.3, 0.4) is 0 Å². The van der Waals surface area contributed by atoms with Gasteiger partial charge < -0.3 is 9.73 Å². The number of furan rings is 1. The van der Waals surface area contributed by atoms with Gasteiger partial charge in [0.2, 0.25) is 5.22 Å². The number of nitrogens with one attached hydrogen (secondary N) is 1. The average Bonchev–Trinajstić information content (AvgIpc) is 2.77. The number of rotatable bonds is 3. The summed E-state index contributed by atoms with van der Waals surface area (Å²) >= 11 is 11.3. The van der Waals surface area contributed by atoms with Gasteiger partial charge in [0, 0.05) is 11.1 Å². The van der Waals surface area contributed by atoms with Crippen molar-refractivity contribution < 1.29 is 14.1 Å². The molecule has 2 rings (SSSR count). The summed E-state index contributed by atoms with van der Waals surface area (Å²) in [7, 11) is 0. The van der Waals surface area contributed by atoms with E-state index in [0.29, 0.717) is 0 Å². The van der Waals surface area contributed by atoms with Gasteiger partial charge in [0.05, 0.1) is 16.7 Å². The first kappa shape index (κ1) is 13.4. The Bertz CT molecular complexity index is 654. The Kier molecular flexibility index (Phi) is 3.73. The maximum absolute atomic E-state index is 11.8. The van der Waals surface area contributed by atoms with E-state index in [1.54, 1.807) is 0 Å². The van der Waals surface area contributed by atoms with Crippen LogP contribution in [-0.2, 0) is 0 Å². The van der Waals surface area contributed by atoms with E-state index in [4.69, 9.17) is 27.6 Å². The summed E-state index contributed by atoms with van der Waals surface area (Å²) in [5.74, 6) is -0.607. The number of halogens is 2. The highest BCUT2D eigenvalue weighted by Crippen LogP contribution is 2.28. The zero-order chi connectivity index (χ0) is 14.0. The molecule has 0 bridgehead atoms. The SMILES string of the molecule is O=C(Nc1ccc(Cl)cc1[N+](=O)[O-])c1ccoc1Cl. The third kappa shape index (κ3) is 2.86. The van der Waals surface area contributed by atoms with Gasteiger partial charge in [0.1, 0.15) is 5.69 Å². The standard InChI is InChI=1S/C11H6Cl2N2O4/c12-6-1-2-8(9(5-6)15(17)18)14-11(16)7-3-4-19-10(7)13/h1-5H,(H,14,16). The van der Waals surface area contributed by atoms with E-state index in [2.05, 4.69) is 5.32 Å². The van der Waals surface area contributed by atoms with Crippen LogP contribution in [0.25, 0.3) is 0 Å². The Morgan fingerprint density at radius 3 is 2.63 bits per heavy atom. The van der Waals surface area contributed by atoms with Gasteiger partial charge in [0.15, 0.2) is 0 Å². The lowest BCUT2D eigenvalue weighted by Crippen LogP contribution is -2.12. The van der Waals surface area contributed by atoms with Crippen LogP contribution in [0.2, 0.25) is 10.2 Å². The Balaban J connectivity index is 2.32. The molecular formula is C11H6Cl2N2O4. The van der Waals surface area contributed by atoms with E-state index >= 15 is 0 Å². The minimum Gasteiger partial charge on any atom is -0.452 e. The van der Waals surface area contributed by atoms with Crippen molar-refractivity contribution >= 4 is 40.5 Å². The molecule has 0 saturated heterocycles. The monoisotopic (exact) mass is 300 g/mol. The number of carbonyl (C=O) groups is 1. The first-order valence-corrected chi connectivity index (χ1v) is 5.73. The van der Waals surface area contributed by atoms with Crippen molar-refractivity contribution in [2.75, 3.05) is 5.32 Å². The lowest BCUT2D eigenvalue weighted by Gasteiger charge is -2.05. The number of hydrogen-bond acceptors (Lipinski definition) is 4. The third-order valence-corrected chi connectivity index (χ3v) is 2.80. The molecule has 1 heterocycles. The van der Waals surface area contributed by atoms with Crippen molar-refractivity contribution in [1.29, 1.82) is 0 Å². The molecule has 1 amide bonds. The molecule has 6 nitrogen and oxygen atoms in total. The minimum atomic E-state index is -0.640. The molecule has 0 fully saturated rings. The number of amides is 1. The molecule has 19 heavy (non-hydrogen) atoms. The normalized spacial score (nSPS) is 10.2. The van der Waals surface area contributed by atoms with Gasteiger partial charge in [-0.2, -0.15) is 0 Å². The number of hydrogen-bond donors (Lipinski definition) is 1. The van der Waals surface area contributed by atoms with Gasteiger partial charge in [-0.15, -0.1) is 0 Å². The highest BCUT2D eigenvalue weighted by Gasteiger charge is 2.19. The zero-order valence-electron chi connectivity index (χ0n) is 9.22. The van der Waals surface area contributed by atoms with E-state index in [0.717, 1.165) is 6.07 Å². The summed E-state index contributed by atoms with van der Waals surface area (Å²) < 4.78 is 4.77. The third-order valence-electron chi connectivity index (χ3n) is 2.27. The highest BCUT2D eigenvalue weighted by molar-refractivity contribution is 6.33. The molecule has 0 spiro atoms. The van der Waals surface area contributed by atoms with E-state index in [1.807, 2.05) is 0 Å². The average molecular weight is 301 g/mol. The maximum atomic E-state index is 11.8. The molecular weight excluding hydrogens is 295 g/mol. The first-order chi connectivity index (χ1) is 8.99. The maximum Gasteiger partial charge on any atom is 0.294 e. The van der Waals surface area contributed by atoms with Gasteiger partial charge in [-0.3, -0.25) is 14.9 Å². The molecule has 0 aliphatic carbocycles. The van der Waals surface area contributed by atoms with Crippen LogP contribution in [0.5, 0.6) is 0 Å². The van der Waals surface area contributed by atoms with Crippen molar-refractivity contribution in [2.45, 2.75) is 0 Å². The molecule has 1 aromatic carbocycles. The Morgan fingerprint density at radius 1 is 1.32 bits per heavy atom. The molecule has 1 N–H and O–H groups in total. The number of nitro benzene ring substituents is 1. The molecule has 0 radical (unpaired) electrons. The van der Waals surface area contributed by atoms with Crippen LogP contribution < -0.4 is 5.32 Å².